The zero-order chi connectivity index (χ0) is 22.7. The van der Waals surface area contributed by atoms with Gasteiger partial charge >= 0.3 is 0 Å². The number of nitrogens with two attached hydrogens (primary N) is 1. The van der Waals surface area contributed by atoms with E-state index in [0.29, 0.717) is 34.5 Å². The number of carbonyl (C=O) groups excluding carboxylic acids is 1. The minimum Gasteiger partial charge on any atom is -0.383 e. The fraction of sp³-hybridized carbons (Fsp3) is 0.182. The molecule has 2 heterocycles. The molecule has 0 aliphatic heterocycles. The Morgan fingerprint density at radius 1 is 1.22 bits per heavy atom. The number of nitrogens with one attached hydrogen (secondary N) is 2. The lowest BCUT2D eigenvalue weighted by Gasteiger charge is -2.07. The van der Waals surface area contributed by atoms with Gasteiger partial charge in [-0.25, -0.2) is 4.68 Å². The van der Waals surface area contributed by atoms with Gasteiger partial charge in [0, 0.05) is 22.8 Å². The summed E-state index contributed by atoms with van der Waals surface area (Å²) in [5, 5.41) is 15.0. The van der Waals surface area contributed by atoms with Crippen molar-refractivity contribution in [2.24, 2.45) is 0 Å². The van der Waals surface area contributed by atoms with Gasteiger partial charge in [0.25, 0.3) is 5.89 Å². The molecule has 0 radical (unpaired) electrons. The number of aromatic nitrogens is 4. The van der Waals surface area contributed by atoms with E-state index in [2.05, 4.69) is 25.9 Å². The van der Waals surface area contributed by atoms with Crippen molar-refractivity contribution in [1.29, 1.82) is 0 Å². The SMILES string of the molecule is CCNc1nn(CC(=O)Nc2cccc(Cl)c2)c(N)c1-c1nc(-c2ccccc2C)no1. The monoisotopic (exact) mass is 451 g/mol. The third kappa shape index (κ3) is 4.42. The fourth-order valence-electron chi connectivity index (χ4n) is 3.26. The highest BCUT2D eigenvalue weighted by atomic mass is 35.5. The molecule has 0 unspecified atom stereocenters. The lowest BCUT2D eigenvalue weighted by Crippen LogP contribution is -2.20. The van der Waals surface area contributed by atoms with Crippen LogP contribution in [0.1, 0.15) is 12.5 Å². The number of benzene rings is 2. The second-order valence-corrected chi connectivity index (χ2v) is 7.53. The molecule has 2 aromatic heterocycles. The quantitative estimate of drug-likeness (QED) is 0.384. The first-order valence-electron chi connectivity index (χ1n) is 10.0. The topological polar surface area (TPSA) is 124 Å². The minimum atomic E-state index is -0.304. The predicted molar refractivity (Wildman–Crippen MR) is 124 cm³/mol. The molecule has 0 saturated carbocycles. The van der Waals surface area contributed by atoms with Gasteiger partial charge in [-0.1, -0.05) is 47.1 Å². The second kappa shape index (κ2) is 9.11. The standard InChI is InChI=1S/C22H22ClN7O2/c1-3-25-21-18(22-27-20(29-32-22)16-10-5-4-7-13(16)2)19(24)30(28-21)12-17(31)26-15-9-6-8-14(23)11-15/h4-11H,3,12,24H2,1-2H3,(H,25,28)(H,26,31). The number of amides is 1. The van der Waals surface area contributed by atoms with Crippen LogP contribution < -0.4 is 16.4 Å². The molecule has 164 valence electrons. The van der Waals surface area contributed by atoms with Crippen molar-refractivity contribution in [2.75, 3.05) is 22.9 Å². The Balaban J connectivity index is 1.62. The second-order valence-electron chi connectivity index (χ2n) is 7.09. The number of anilines is 3. The fourth-order valence-corrected chi connectivity index (χ4v) is 3.45. The highest BCUT2D eigenvalue weighted by Gasteiger charge is 2.24. The van der Waals surface area contributed by atoms with Crippen LogP contribution in [0.2, 0.25) is 5.02 Å². The molecule has 1 amide bonds. The minimum absolute atomic E-state index is 0.102. The van der Waals surface area contributed by atoms with E-state index >= 15 is 0 Å². The maximum Gasteiger partial charge on any atom is 0.265 e. The smallest absolute Gasteiger partial charge is 0.265 e. The first-order valence-corrected chi connectivity index (χ1v) is 10.4. The largest absolute Gasteiger partial charge is 0.383 e. The van der Waals surface area contributed by atoms with Gasteiger partial charge < -0.3 is 20.9 Å². The Bertz CT molecular complexity index is 1260. The summed E-state index contributed by atoms with van der Waals surface area (Å²) in [5.74, 6) is 1.06. The van der Waals surface area contributed by atoms with E-state index in [4.69, 9.17) is 21.9 Å². The van der Waals surface area contributed by atoms with Crippen molar-refractivity contribution in [3.63, 3.8) is 0 Å². The summed E-state index contributed by atoms with van der Waals surface area (Å²) in [6.07, 6.45) is 0. The molecule has 0 fully saturated rings. The molecule has 0 saturated heterocycles. The maximum atomic E-state index is 12.5. The summed E-state index contributed by atoms with van der Waals surface area (Å²) in [7, 11) is 0. The molecular weight excluding hydrogens is 430 g/mol. The predicted octanol–water partition coefficient (Wildman–Crippen LogP) is 4.21. The summed E-state index contributed by atoms with van der Waals surface area (Å²) < 4.78 is 6.90. The van der Waals surface area contributed by atoms with Crippen LogP contribution in [0.15, 0.2) is 53.1 Å². The van der Waals surface area contributed by atoms with Crippen LogP contribution in [-0.4, -0.2) is 32.4 Å². The molecule has 0 bridgehead atoms. The first kappa shape index (κ1) is 21.4. The van der Waals surface area contributed by atoms with Gasteiger partial charge in [-0.15, -0.1) is 0 Å². The molecular formula is C22H22ClN7O2. The average molecular weight is 452 g/mol. The van der Waals surface area contributed by atoms with E-state index in [1.54, 1.807) is 24.3 Å². The van der Waals surface area contributed by atoms with Gasteiger partial charge in [-0.05, 0) is 37.6 Å². The number of halogens is 1. The van der Waals surface area contributed by atoms with Crippen LogP contribution in [0, 0.1) is 6.92 Å². The number of hydrogen-bond acceptors (Lipinski definition) is 7. The van der Waals surface area contributed by atoms with E-state index in [1.807, 2.05) is 38.1 Å². The molecule has 0 atom stereocenters. The normalized spacial score (nSPS) is 10.8. The summed E-state index contributed by atoms with van der Waals surface area (Å²) in [6.45, 7) is 4.39. The molecule has 4 N–H and O–H groups in total. The summed E-state index contributed by atoms with van der Waals surface area (Å²) in [6, 6.07) is 14.6. The number of hydrogen-bond donors (Lipinski definition) is 3. The molecule has 4 aromatic rings. The highest BCUT2D eigenvalue weighted by Crippen LogP contribution is 2.34. The van der Waals surface area contributed by atoms with Crippen LogP contribution in [0.5, 0.6) is 0 Å². The van der Waals surface area contributed by atoms with E-state index in [-0.39, 0.29) is 24.2 Å². The van der Waals surface area contributed by atoms with Crippen LogP contribution in [0.25, 0.3) is 22.8 Å². The Morgan fingerprint density at radius 2 is 2.03 bits per heavy atom. The Kier molecular flexibility index (Phi) is 6.09. The number of aryl methyl sites for hydroxylation is 1. The van der Waals surface area contributed by atoms with E-state index in [0.717, 1.165) is 11.1 Å². The summed E-state index contributed by atoms with van der Waals surface area (Å²) >= 11 is 5.98. The van der Waals surface area contributed by atoms with Gasteiger partial charge in [0.15, 0.2) is 5.82 Å². The number of carbonyl (C=O) groups is 1. The molecule has 9 nitrogen and oxygen atoms in total. The average Bonchev–Trinajstić information content (AvgIpc) is 3.33. The zero-order valence-electron chi connectivity index (χ0n) is 17.6. The first-order chi connectivity index (χ1) is 15.5. The summed E-state index contributed by atoms with van der Waals surface area (Å²) in [5.41, 5.74) is 9.26. The van der Waals surface area contributed by atoms with E-state index < -0.39 is 0 Å². The van der Waals surface area contributed by atoms with Crippen molar-refractivity contribution >= 4 is 34.8 Å². The molecule has 4 rings (SSSR count). The van der Waals surface area contributed by atoms with Gasteiger partial charge in [0.2, 0.25) is 11.7 Å². The van der Waals surface area contributed by atoms with Crippen molar-refractivity contribution in [1.82, 2.24) is 19.9 Å². The maximum absolute atomic E-state index is 12.5. The van der Waals surface area contributed by atoms with Gasteiger partial charge in [-0.2, -0.15) is 10.1 Å². The van der Waals surface area contributed by atoms with E-state index in [9.17, 15) is 4.79 Å². The number of nitrogen functional groups attached to an aromatic ring is 1. The van der Waals surface area contributed by atoms with Crippen molar-refractivity contribution in [3.8, 4) is 22.8 Å². The van der Waals surface area contributed by atoms with Gasteiger partial charge in [-0.3, -0.25) is 4.79 Å². The molecule has 0 aliphatic rings. The highest BCUT2D eigenvalue weighted by molar-refractivity contribution is 6.30. The zero-order valence-corrected chi connectivity index (χ0v) is 18.3. The Hall–Kier alpha value is -3.85. The Labute approximate surface area is 189 Å². The van der Waals surface area contributed by atoms with Crippen molar-refractivity contribution in [3.05, 3.63) is 59.1 Å². The van der Waals surface area contributed by atoms with Crippen molar-refractivity contribution < 1.29 is 9.32 Å². The number of rotatable bonds is 7. The van der Waals surface area contributed by atoms with Gasteiger partial charge in [0.05, 0.1) is 0 Å². The Morgan fingerprint density at radius 3 is 2.78 bits per heavy atom. The van der Waals surface area contributed by atoms with Gasteiger partial charge in [0.1, 0.15) is 17.9 Å². The lowest BCUT2D eigenvalue weighted by atomic mass is 10.1. The third-order valence-electron chi connectivity index (χ3n) is 4.76. The van der Waals surface area contributed by atoms with E-state index in [1.165, 1.54) is 4.68 Å². The van der Waals surface area contributed by atoms with Crippen LogP contribution in [-0.2, 0) is 11.3 Å². The molecule has 2 aromatic carbocycles. The van der Waals surface area contributed by atoms with Crippen molar-refractivity contribution in [2.45, 2.75) is 20.4 Å². The lowest BCUT2D eigenvalue weighted by molar-refractivity contribution is -0.116. The molecule has 0 aliphatic carbocycles. The van der Waals surface area contributed by atoms with Crippen LogP contribution in [0.3, 0.4) is 0 Å². The molecule has 0 spiro atoms. The molecule has 32 heavy (non-hydrogen) atoms. The number of nitrogens with zero attached hydrogens (tertiary/aromatic N) is 4. The third-order valence-corrected chi connectivity index (χ3v) is 5.00. The van der Waals surface area contributed by atoms with Crippen LogP contribution in [0.4, 0.5) is 17.3 Å². The molecule has 10 heteroatoms. The van der Waals surface area contributed by atoms with Crippen LogP contribution >= 0.6 is 11.6 Å². The summed E-state index contributed by atoms with van der Waals surface area (Å²) in [4.78, 5) is 17.1.